The Morgan fingerprint density at radius 2 is 1.88 bits per heavy atom. The molecular formula is C22H26N4. The molecule has 4 rings (SSSR count). The number of aromatic nitrogens is 4. The molecule has 3 aromatic heterocycles. The fourth-order valence-corrected chi connectivity index (χ4v) is 4.12. The van der Waals surface area contributed by atoms with Crippen molar-refractivity contribution in [3.63, 3.8) is 0 Å². The second-order valence-corrected chi connectivity index (χ2v) is 7.24. The SMILES string of the molecule is CCC(CC)c1cc(C)nn2c(-c3c[nH]c4c(C)cccc34)c(C)nc12. The standard InChI is InChI=1S/C22H26N4/c1-6-16(7-2)18-11-14(4)25-26-21(15(5)24-22(18)26)19-12-23-20-13(3)9-8-10-17(19)20/h8-12,16,23H,6-7H2,1-5H3. The Bertz CT molecular complexity index is 1100. The van der Waals surface area contributed by atoms with Crippen molar-refractivity contribution < 1.29 is 0 Å². The van der Waals surface area contributed by atoms with Gasteiger partial charge in [-0.2, -0.15) is 5.10 Å². The van der Waals surface area contributed by atoms with Gasteiger partial charge in [-0.1, -0.05) is 32.0 Å². The van der Waals surface area contributed by atoms with Crippen LogP contribution >= 0.6 is 0 Å². The summed E-state index contributed by atoms with van der Waals surface area (Å²) >= 11 is 0. The summed E-state index contributed by atoms with van der Waals surface area (Å²) in [5, 5.41) is 6.06. The molecule has 26 heavy (non-hydrogen) atoms. The van der Waals surface area contributed by atoms with Crippen molar-refractivity contribution in [2.75, 3.05) is 0 Å². The molecule has 4 nitrogen and oxygen atoms in total. The van der Waals surface area contributed by atoms with E-state index in [0.29, 0.717) is 5.92 Å². The molecule has 0 spiro atoms. The highest BCUT2D eigenvalue weighted by molar-refractivity contribution is 5.97. The number of nitrogens with zero attached hydrogens (tertiary/aromatic N) is 3. The van der Waals surface area contributed by atoms with Crippen molar-refractivity contribution in [3.8, 4) is 11.3 Å². The number of fused-ring (bicyclic) bond motifs is 2. The lowest BCUT2D eigenvalue weighted by atomic mass is 9.95. The average Bonchev–Trinajstić information content (AvgIpc) is 3.17. The highest BCUT2D eigenvalue weighted by atomic mass is 15.3. The van der Waals surface area contributed by atoms with Gasteiger partial charge in [0, 0.05) is 28.2 Å². The number of para-hydroxylation sites is 1. The second kappa shape index (κ2) is 6.27. The Kier molecular flexibility index (Phi) is 4.06. The van der Waals surface area contributed by atoms with Crippen molar-refractivity contribution in [3.05, 3.63) is 53.0 Å². The molecule has 0 amide bonds. The molecule has 1 N–H and O–H groups in total. The van der Waals surface area contributed by atoms with Crippen molar-refractivity contribution in [1.29, 1.82) is 0 Å². The average molecular weight is 346 g/mol. The van der Waals surface area contributed by atoms with Gasteiger partial charge in [-0.15, -0.1) is 0 Å². The lowest BCUT2D eigenvalue weighted by Gasteiger charge is -2.14. The number of aromatic amines is 1. The van der Waals surface area contributed by atoms with Gasteiger partial charge in [-0.25, -0.2) is 9.50 Å². The van der Waals surface area contributed by atoms with Crippen molar-refractivity contribution in [2.45, 2.75) is 53.4 Å². The smallest absolute Gasteiger partial charge is 0.157 e. The maximum absolute atomic E-state index is 4.94. The summed E-state index contributed by atoms with van der Waals surface area (Å²) in [5.74, 6) is 0.513. The minimum absolute atomic E-state index is 0.513. The zero-order chi connectivity index (χ0) is 18.4. The molecule has 0 aliphatic rings. The van der Waals surface area contributed by atoms with Crippen LogP contribution in [-0.2, 0) is 0 Å². The summed E-state index contributed by atoms with van der Waals surface area (Å²) in [4.78, 5) is 8.38. The topological polar surface area (TPSA) is 46.0 Å². The summed E-state index contributed by atoms with van der Waals surface area (Å²) in [6, 6.07) is 8.63. The molecule has 1 aromatic carbocycles. The highest BCUT2D eigenvalue weighted by Gasteiger charge is 2.21. The third kappa shape index (κ3) is 2.44. The van der Waals surface area contributed by atoms with E-state index in [1.54, 1.807) is 0 Å². The van der Waals surface area contributed by atoms with Crippen LogP contribution in [0.2, 0.25) is 0 Å². The molecule has 0 atom stereocenters. The van der Waals surface area contributed by atoms with E-state index in [1.807, 2.05) is 0 Å². The van der Waals surface area contributed by atoms with E-state index in [9.17, 15) is 0 Å². The molecule has 0 aliphatic heterocycles. The summed E-state index contributed by atoms with van der Waals surface area (Å²) < 4.78 is 2.06. The zero-order valence-corrected chi connectivity index (χ0v) is 16.2. The molecule has 4 heteroatoms. The van der Waals surface area contributed by atoms with Crippen LogP contribution in [-0.4, -0.2) is 19.6 Å². The third-order valence-electron chi connectivity index (χ3n) is 5.51. The third-order valence-corrected chi connectivity index (χ3v) is 5.51. The van der Waals surface area contributed by atoms with Crippen LogP contribution in [0.3, 0.4) is 0 Å². The van der Waals surface area contributed by atoms with Crippen LogP contribution in [0.4, 0.5) is 0 Å². The molecule has 0 fully saturated rings. The van der Waals surface area contributed by atoms with Gasteiger partial charge in [0.25, 0.3) is 0 Å². The van der Waals surface area contributed by atoms with E-state index in [0.717, 1.165) is 35.6 Å². The van der Waals surface area contributed by atoms with Crippen LogP contribution in [0.15, 0.2) is 30.5 Å². The van der Waals surface area contributed by atoms with Crippen LogP contribution in [0, 0.1) is 20.8 Å². The number of hydrogen-bond acceptors (Lipinski definition) is 2. The maximum Gasteiger partial charge on any atom is 0.157 e. The summed E-state index contributed by atoms with van der Waals surface area (Å²) in [6.45, 7) is 10.8. The van der Waals surface area contributed by atoms with Crippen molar-refractivity contribution >= 4 is 16.6 Å². The molecular weight excluding hydrogens is 320 g/mol. The van der Waals surface area contributed by atoms with Crippen LogP contribution in [0.25, 0.3) is 27.8 Å². The first-order valence-electron chi connectivity index (χ1n) is 9.49. The number of rotatable bonds is 4. The number of imidazole rings is 1. The van der Waals surface area contributed by atoms with Gasteiger partial charge in [0.2, 0.25) is 0 Å². The Hall–Kier alpha value is -2.62. The van der Waals surface area contributed by atoms with Gasteiger partial charge in [0.05, 0.1) is 17.1 Å². The minimum atomic E-state index is 0.513. The number of H-pyrrole nitrogens is 1. The lowest BCUT2D eigenvalue weighted by molar-refractivity contribution is 0.638. The van der Waals surface area contributed by atoms with E-state index in [-0.39, 0.29) is 0 Å². The van der Waals surface area contributed by atoms with E-state index in [2.05, 4.69) is 74.6 Å². The van der Waals surface area contributed by atoms with E-state index in [4.69, 9.17) is 10.1 Å². The van der Waals surface area contributed by atoms with Crippen molar-refractivity contribution in [1.82, 2.24) is 19.6 Å². The molecule has 0 aliphatic carbocycles. The molecule has 0 saturated carbocycles. The van der Waals surface area contributed by atoms with Gasteiger partial charge in [-0.3, -0.25) is 0 Å². The van der Waals surface area contributed by atoms with Gasteiger partial charge in [-0.05, 0) is 51.2 Å². The van der Waals surface area contributed by atoms with Gasteiger partial charge in [0.15, 0.2) is 5.65 Å². The maximum atomic E-state index is 4.94. The number of hydrogen-bond donors (Lipinski definition) is 1. The Morgan fingerprint density at radius 3 is 2.62 bits per heavy atom. The highest BCUT2D eigenvalue weighted by Crippen LogP contribution is 2.35. The van der Waals surface area contributed by atoms with E-state index >= 15 is 0 Å². The number of nitrogens with one attached hydrogen (secondary N) is 1. The first-order valence-corrected chi connectivity index (χ1v) is 9.49. The predicted molar refractivity (Wildman–Crippen MR) is 108 cm³/mol. The van der Waals surface area contributed by atoms with Crippen LogP contribution in [0.5, 0.6) is 0 Å². The monoisotopic (exact) mass is 346 g/mol. The first kappa shape index (κ1) is 16.8. The fraction of sp³-hybridized carbons (Fsp3) is 0.364. The number of aryl methyl sites for hydroxylation is 3. The molecule has 4 aromatic rings. The summed E-state index contributed by atoms with van der Waals surface area (Å²) in [6.07, 6.45) is 4.32. The van der Waals surface area contributed by atoms with Crippen LogP contribution < -0.4 is 0 Å². The molecule has 0 bridgehead atoms. The molecule has 134 valence electrons. The Balaban J connectivity index is 2.05. The normalized spacial score (nSPS) is 11.9. The Morgan fingerprint density at radius 1 is 1.12 bits per heavy atom. The largest absolute Gasteiger partial charge is 0.360 e. The fourth-order valence-electron chi connectivity index (χ4n) is 4.12. The van der Waals surface area contributed by atoms with E-state index < -0.39 is 0 Å². The van der Waals surface area contributed by atoms with E-state index in [1.165, 1.54) is 27.6 Å². The zero-order valence-electron chi connectivity index (χ0n) is 16.2. The first-order chi connectivity index (χ1) is 12.5. The van der Waals surface area contributed by atoms with Gasteiger partial charge >= 0.3 is 0 Å². The van der Waals surface area contributed by atoms with Gasteiger partial charge < -0.3 is 4.98 Å². The van der Waals surface area contributed by atoms with Gasteiger partial charge in [0.1, 0.15) is 0 Å². The quantitative estimate of drug-likeness (QED) is 0.515. The lowest BCUT2D eigenvalue weighted by Crippen LogP contribution is -2.05. The molecule has 3 heterocycles. The summed E-state index contributed by atoms with van der Waals surface area (Å²) in [5.41, 5.74) is 9.07. The Labute approximate surface area is 154 Å². The summed E-state index contributed by atoms with van der Waals surface area (Å²) in [7, 11) is 0. The molecule has 0 radical (unpaired) electrons. The van der Waals surface area contributed by atoms with Crippen molar-refractivity contribution in [2.24, 2.45) is 0 Å². The molecule has 0 unspecified atom stereocenters. The second-order valence-electron chi connectivity index (χ2n) is 7.24. The molecule has 0 saturated heterocycles. The number of benzene rings is 1. The van der Waals surface area contributed by atoms with Crippen LogP contribution in [0.1, 0.15) is 55.1 Å². The minimum Gasteiger partial charge on any atom is -0.360 e. The predicted octanol–water partition coefficient (Wildman–Crippen LogP) is 5.71.